The average molecular weight is 272 g/mol. The van der Waals surface area contributed by atoms with Gasteiger partial charge in [-0.1, -0.05) is 17.7 Å². The minimum absolute atomic E-state index is 0.217. The molecule has 6 heteroatoms. The summed E-state index contributed by atoms with van der Waals surface area (Å²) in [4.78, 5) is 23.1. The van der Waals surface area contributed by atoms with Gasteiger partial charge in [0.1, 0.15) is 12.3 Å². The lowest BCUT2D eigenvalue weighted by atomic mass is 10.2. The van der Waals surface area contributed by atoms with Crippen molar-refractivity contribution in [1.82, 2.24) is 4.90 Å². The van der Waals surface area contributed by atoms with Crippen molar-refractivity contribution in [3.63, 3.8) is 0 Å². The SMILES string of the molecule is Cc1c(Cl)cccc1OCC(=O)N(C)CC(=O)O. The highest BCUT2D eigenvalue weighted by Crippen LogP contribution is 2.24. The highest BCUT2D eigenvalue weighted by atomic mass is 35.5. The maximum Gasteiger partial charge on any atom is 0.323 e. The van der Waals surface area contributed by atoms with E-state index < -0.39 is 11.9 Å². The van der Waals surface area contributed by atoms with Gasteiger partial charge in [-0.05, 0) is 19.1 Å². The van der Waals surface area contributed by atoms with Gasteiger partial charge in [0.25, 0.3) is 5.91 Å². The van der Waals surface area contributed by atoms with Crippen LogP contribution in [0.1, 0.15) is 5.56 Å². The van der Waals surface area contributed by atoms with Gasteiger partial charge in [-0.15, -0.1) is 0 Å². The first-order valence-corrected chi connectivity index (χ1v) is 5.63. The van der Waals surface area contributed by atoms with E-state index in [2.05, 4.69) is 0 Å². The van der Waals surface area contributed by atoms with Gasteiger partial charge in [0.2, 0.25) is 0 Å². The molecule has 0 aliphatic heterocycles. The number of hydrogen-bond donors (Lipinski definition) is 1. The van der Waals surface area contributed by atoms with Crippen LogP contribution >= 0.6 is 11.6 Å². The molecule has 0 spiro atoms. The molecule has 0 aliphatic rings. The molecule has 0 fully saturated rings. The summed E-state index contributed by atoms with van der Waals surface area (Å²) in [5.41, 5.74) is 0.743. The number of carboxylic acids is 1. The largest absolute Gasteiger partial charge is 0.483 e. The number of aliphatic carboxylic acids is 1. The zero-order valence-electron chi connectivity index (χ0n) is 10.1. The predicted octanol–water partition coefficient (Wildman–Crippen LogP) is 1.57. The lowest BCUT2D eigenvalue weighted by molar-refractivity contribution is -0.144. The fraction of sp³-hybridized carbons (Fsp3) is 0.333. The van der Waals surface area contributed by atoms with E-state index in [4.69, 9.17) is 21.4 Å². The summed E-state index contributed by atoms with van der Waals surface area (Å²) in [5.74, 6) is -0.957. The minimum Gasteiger partial charge on any atom is -0.483 e. The monoisotopic (exact) mass is 271 g/mol. The topological polar surface area (TPSA) is 66.8 Å². The molecule has 98 valence electrons. The molecule has 1 aromatic rings. The number of halogens is 1. The van der Waals surface area contributed by atoms with Gasteiger partial charge >= 0.3 is 5.97 Å². The van der Waals surface area contributed by atoms with Crippen LogP contribution in [0.2, 0.25) is 5.02 Å². The lowest BCUT2D eigenvalue weighted by Crippen LogP contribution is -2.35. The average Bonchev–Trinajstić information content (AvgIpc) is 2.29. The molecule has 1 aromatic carbocycles. The van der Waals surface area contributed by atoms with Crippen LogP contribution in [0.15, 0.2) is 18.2 Å². The Kier molecular flexibility index (Phi) is 4.97. The number of carbonyl (C=O) groups excluding carboxylic acids is 1. The molecule has 0 aliphatic carbocycles. The Morgan fingerprint density at radius 2 is 2.11 bits per heavy atom. The van der Waals surface area contributed by atoms with E-state index in [9.17, 15) is 9.59 Å². The Morgan fingerprint density at radius 1 is 1.44 bits per heavy atom. The van der Waals surface area contributed by atoms with Gasteiger partial charge in [0.15, 0.2) is 6.61 Å². The summed E-state index contributed by atoms with van der Waals surface area (Å²) in [6, 6.07) is 5.14. The van der Waals surface area contributed by atoms with E-state index in [-0.39, 0.29) is 13.2 Å². The number of amides is 1. The van der Waals surface area contributed by atoms with Crippen molar-refractivity contribution < 1.29 is 19.4 Å². The van der Waals surface area contributed by atoms with Crippen molar-refractivity contribution in [3.05, 3.63) is 28.8 Å². The van der Waals surface area contributed by atoms with Crippen molar-refractivity contribution in [3.8, 4) is 5.75 Å². The standard InChI is InChI=1S/C12H14ClNO4/c1-8-9(13)4-3-5-10(8)18-7-11(15)14(2)6-12(16)17/h3-5H,6-7H2,1-2H3,(H,16,17). The van der Waals surface area contributed by atoms with E-state index >= 15 is 0 Å². The molecule has 0 bridgehead atoms. The molecule has 0 radical (unpaired) electrons. The highest BCUT2D eigenvalue weighted by Gasteiger charge is 2.13. The quantitative estimate of drug-likeness (QED) is 0.883. The molecule has 0 saturated carbocycles. The van der Waals surface area contributed by atoms with Gasteiger partial charge in [-0.25, -0.2) is 0 Å². The van der Waals surface area contributed by atoms with E-state index in [1.807, 2.05) is 0 Å². The Hall–Kier alpha value is -1.75. The predicted molar refractivity (Wildman–Crippen MR) is 67.0 cm³/mol. The molecular formula is C12H14ClNO4. The molecule has 0 aromatic heterocycles. The number of nitrogens with zero attached hydrogens (tertiary/aromatic N) is 1. The first-order chi connectivity index (χ1) is 8.41. The highest BCUT2D eigenvalue weighted by molar-refractivity contribution is 6.31. The third-order valence-corrected chi connectivity index (χ3v) is 2.78. The molecule has 0 atom stereocenters. The number of hydrogen-bond acceptors (Lipinski definition) is 3. The number of rotatable bonds is 5. The van der Waals surface area contributed by atoms with Crippen molar-refractivity contribution >= 4 is 23.5 Å². The zero-order valence-corrected chi connectivity index (χ0v) is 10.9. The number of benzene rings is 1. The Bertz CT molecular complexity index is 461. The molecule has 1 rings (SSSR count). The maximum atomic E-state index is 11.6. The maximum absolute atomic E-state index is 11.6. The van der Waals surface area contributed by atoms with E-state index in [0.29, 0.717) is 10.8 Å². The first kappa shape index (κ1) is 14.3. The normalized spacial score (nSPS) is 9.94. The van der Waals surface area contributed by atoms with E-state index in [1.165, 1.54) is 7.05 Å². The van der Waals surface area contributed by atoms with Crippen molar-refractivity contribution in [1.29, 1.82) is 0 Å². The molecule has 0 unspecified atom stereocenters. The molecule has 5 nitrogen and oxygen atoms in total. The molecule has 0 heterocycles. The third kappa shape index (κ3) is 3.92. The number of carboxylic acid groups (broad SMARTS) is 1. The molecule has 1 amide bonds. The van der Waals surface area contributed by atoms with Gasteiger partial charge < -0.3 is 14.7 Å². The summed E-state index contributed by atoms with van der Waals surface area (Å²) in [7, 11) is 1.41. The molecule has 0 saturated heterocycles. The molecular weight excluding hydrogens is 258 g/mol. The van der Waals surface area contributed by atoms with Crippen LogP contribution in [0.5, 0.6) is 5.75 Å². The summed E-state index contributed by atoms with van der Waals surface area (Å²) < 4.78 is 5.31. The van der Waals surface area contributed by atoms with Crippen LogP contribution in [0.4, 0.5) is 0 Å². The second kappa shape index (κ2) is 6.26. The second-order valence-corrected chi connectivity index (χ2v) is 4.20. The van der Waals surface area contributed by atoms with Crippen molar-refractivity contribution in [2.24, 2.45) is 0 Å². The molecule has 18 heavy (non-hydrogen) atoms. The van der Waals surface area contributed by atoms with Crippen molar-refractivity contribution in [2.45, 2.75) is 6.92 Å². The van der Waals surface area contributed by atoms with Crippen LogP contribution in [0.25, 0.3) is 0 Å². The van der Waals surface area contributed by atoms with E-state index in [0.717, 1.165) is 10.5 Å². The Balaban J connectivity index is 2.57. The molecule has 1 N–H and O–H groups in total. The van der Waals surface area contributed by atoms with Crippen LogP contribution in [-0.2, 0) is 9.59 Å². The van der Waals surface area contributed by atoms with Gasteiger partial charge in [0.05, 0.1) is 0 Å². The summed E-state index contributed by atoms with van der Waals surface area (Å²) >= 11 is 5.91. The van der Waals surface area contributed by atoms with Crippen LogP contribution in [-0.4, -0.2) is 42.1 Å². The smallest absolute Gasteiger partial charge is 0.323 e. The van der Waals surface area contributed by atoms with Gasteiger partial charge in [0, 0.05) is 17.6 Å². The Morgan fingerprint density at radius 3 is 2.72 bits per heavy atom. The van der Waals surface area contributed by atoms with Crippen LogP contribution in [0.3, 0.4) is 0 Å². The number of ether oxygens (including phenoxy) is 1. The van der Waals surface area contributed by atoms with Crippen LogP contribution in [0, 0.1) is 6.92 Å². The third-order valence-electron chi connectivity index (χ3n) is 2.37. The first-order valence-electron chi connectivity index (χ1n) is 5.25. The van der Waals surface area contributed by atoms with E-state index in [1.54, 1.807) is 25.1 Å². The second-order valence-electron chi connectivity index (χ2n) is 3.80. The summed E-state index contributed by atoms with van der Waals surface area (Å²) in [6.07, 6.45) is 0. The fourth-order valence-electron chi connectivity index (χ4n) is 1.28. The van der Waals surface area contributed by atoms with Gasteiger partial charge in [-0.2, -0.15) is 0 Å². The lowest BCUT2D eigenvalue weighted by Gasteiger charge is -2.15. The minimum atomic E-state index is -1.07. The Labute approximate surface area is 110 Å². The number of carbonyl (C=O) groups is 2. The van der Waals surface area contributed by atoms with Gasteiger partial charge in [-0.3, -0.25) is 9.59 Å². The fourth-order valence-corrected chi connectivity index (χ4v) is 1.45. The zero-order chi connectivity index (χ0) is 13.7. The summed E-state index contributed by atoms with van der Waals surface area (Å²) in [6.45, 7) is 1.21. The summed E-state index contributed by atoms with van der Waals surface area (Å²) in [5, 5.41) is 9.10. The number of likely N-dealkylation sites (N-methyl/N-ethyl adjacent to an activating group) is 1. The van der Waals surface area contributed by atoms with Crippen molar-refractivity contribution in [2.75, 3.05) is 20.2 Å². The van der Waals surface area contributed by atoms with Crippen LogP contribution < -0.4 is 4.74 Å².